The number of fused-ring (bicyclic) bond motifs is 1. The highest BCUT2D eigenvalue weighted by Gasteiger charge is 2.14. The number of rotatable bonds is 8. The van der Waals surface area contributed by atoms with Gasteiger partial charge in [-0.2, -0.15) is 0 Å². The Morgan fingerprint density at radius 2 is 1.90 bits per heavy atom. The van der Waals surface area contributed by atoms with Gasteiger partial charge in [0.25, 0.3) is 0 Å². The maximum atomic E-state index is 12.2. The molecule has 29 heavy (non-hydrogen) atoms. The van der Waals surface area contributed by atoms with Gasteiger partial charge in [0.15, 0.2) is 0 Å². The van der Waals surface area contributed by atoms with Gasteiger partial charge >= 0.3 is 0 Å². The lowest BCUT2D eigenvalue weighted by molar-refractivity contribution is -0.126. The van der Waals surface area contributed by atoms with E-state index in [1.54, 1.807) is 20.1 Å². The highest BCUT2D eigenvalue weighted by atomic mass is 16.5. The van der Waals surface area contributed by atoms with Crippen molar-refractivity contribution < 1.29 is 14.3 Å². The van der Waals surface area contributed by atoms with Crippen LogP contribution in [0.2, 0.25) is 0 Å². The molecule has 3 N–H and O–H groups in total. The van der Waals surface area contributed by atoms with E-state index in [1.807, 2.05) is 48.7 Å². The Labute approximate surface area is 170 Å². The molecule has 6 nitrogen and oxygen atoms in total. The van der Waals surface area contributed by atoms with E-state index in [0.29, 0.717) is 13.0 Å². The molecule has 3 aromatic rings. The fourth-order valence-corrected chi connectivity index (χ4v) is 3.03. The molecule has 2 aromatic carbocycles. The molecule has 1 unspecified atom stereocenters. The quantitative estimate of drug-likeness (QED) is 0.516. The average molecular weight is 391 g/mol. The van der Waals surface area contributed by atoms with Gasteiger partial charge in [0.05, 0.1) is 7.11 Å². The number of benzene rings is 2. The molecule has 2 amide bonds. The number of H-pyrrole nitrogens is 1. The van der Waals surface area contributed by atoms with Crippen molar-refractivity contribution >= 4 is 28.8 Å². The maximum Gasteiger partial charge on any atom is 0.244 e. The molecule has 0 fully saturated rings. The van der Waals surface area contributed by atoms with Crippen molar-refractivity contribution in [2.45, 2.75) is 19.4 Å². The Morgan fingerprint density at radius 3 is 2.66 bits per heavy atom. The van der Waals surface area contributed by atoms with Crippen LogP contribution < -0.4 is 15.4 Å². The second kappa shape index (κ2) is 9.59. The van der Waals surface area contributed by atoms with Crippen molar-refractivity contribution in [1.82, 2.24) is 15.6 Å². The number of nitrogens with one attached hydrogen (secondary N) is 3. The van der Waals surface area contributed by atoms with Crippen LogP contribution in [0.25, 0.3) is 17.0 Å². The summed E-state index contributed by atoms with van der Waals surface area (Å²) in [6, 6.07) is 14.8. The maximum absolute atomic E-state index is 12.2. The molecule has 0 saturated carbocycles. The molecule has 0 saturated heterocycles. The van der Waals surface area contributed by atoms with Crippen LogP contribution in [-0.2, 0) is 16.0 Å². The van der Waals surface area contributed by atoms with Crippen molar-refractivity contribution in [1.29, 1.82) is 0 Å². The highest BCUT2D eigenvalue weighted by molar-refractivity contribution is 5.95. The van der Waals surface area contributed by atoms with Gasteiger partial charge in [0.1, 0.15) is 11.8 Å². The van der Waals surface area contributed by atoms with E-state index in [-0.39, 0.29) is 11.8 Å². The minimum atomic E-state index is -0.619. The van der Waals surface area contributed by atoms with Crippen molar-refractivity contribution in [2.75, 3.05) is 13.7 Å². The summed E-state index contributed by atoms with van der Waals surface area (Å²) >= 11 is 0. The van der Waals surface area contributed by atoms with Gasteiger partial charge < -0.3 is 20.4 Å². The third kappa shape index (κ3) is 5.48. The third-order valence-electron chi connectivity index (χ3n) is 4.66. The number of aromatic nitrogens is 1. The molecule has 0 aliphatic heterocycles. The summed E-state index contributed by atoms with van der Waals surface area (Å²) in [5.41, 5.74) is 3.11. The first-order valence-corrected chi connectivity index (χ1v) is 9.52. The first kappa shape index (κ1) is 20.2. The molecule has 150 valence electrons. The number of hydrogen-bond acceptors (Lipinski definition) is 3. The first-order valence-electron chi connectivity index (χ1n) is 9.52. The number of ether oxygens (including phenoxy) is 1. The largest absolute Gasteiger partial charge is 0.497 e. The van der Waals surface area contributed by atoms with Gasteiger partial charge in [-0.25, -0.2) is 0 Å². The van der Waals surface area contributed by atoms with Crippen molar-refractivity contribution in [3.05, 3.63) is 71.9 Å². The monoisotopic (exact) mass is 391 g/mol. The first-order chi connectivity index (χ1) is 14.1. The van der Waals surface area contributed by atoms with Gasteiger partial charge in [-0.3, -0.25) is 9.59 Å². The number of hydrogen-bond donors (Lipinski definition) is 3. The van der Waals surface area contributed by atoms with Gasteiger partial charge in [0.2, 0.25) is 11.8 Å². The zero-order valence-corrected chi connectivity index (χ0v) is 16.6. The summed E-state index contributed by atoms with van der Waals surface area (Å²) in [6.45, 7) is 2.17. The lowest BCUT2D eigenvalue weighted by Crippen LogP contribution is -2.44. The Hall–Kier alpha value is -3.54. The number of aromatic amines is 1. The lowest BCUT2D eigenvalue weighted by Gasteiger charge is -2.13. The third-order valence-corrected chi connectivity index (χ3v) is 4.66. The number of carbonyl (C=O) groups excluding carboxylic acids is 2. The van der Waals surface area contributed by atoms with Crippen LogP contribution in [0.4, 0.5) is 0 Å². The molecule has 1 heterocycles. The standard InChI is InChI=1S/C23H25N3O3/c1-16(26-22(27)12-9-17-7-10-19(29-2)11-8-17)23(28)24-14-13-18-15-25-21-6-4-3-5-20(18)21/h3-12,15-16,25H,13-14H2,1-2H3,(H,24,28)(H,26,27)/b12-9+. The summed E-state index contributed by atoms with van der Waals surface area (Å²) in [5, 5.41) is 6.71. The SMILES string of the molecule is COc1ccc(/C=C/C(=O)NC(C)C(=O)NCCc2c[nH]c3ccccc23)cc1. The average Bonchev–Trinajstić information content (AvgIpc) is 3.15. The van der Waals surface area contributed by atoms with Crippen LogP contribution in [0.1, 0.15) is 18.1 Å². The predicted octanol–water partition coefficient (Wildman–Crippen LogP) is 3.05. The zero-order valence-electron chi connectivity index (χ0n) is 16.6. The molecule has 0 aliphatic rings. The van der Waals surface area contributed by atoms with E-state index in [4.69, 9.17) is 4.74 Å². The molecule has 0 aliphatic carbocycles. The van der Waals surface area contributed by atoms with Crippen molar-refractivity contribution in [3.8, 4) is 5.75 Å². The van der Waals surface area contributed by atoms with E-state index in [1.165, 1.54) is 6.08 Å². The number of para-hydroxylation sites is 1. The van der Waals surface area contributed by atoms with E-state index in [2.05, 4.69) is 21.7 Å². The van der Waals surface area contributed by atoms with Gasteiger partial charge in [-0.1, -0.05) is 30.3 Å². The van der Waals surface area contributed by atoms with Crippen LogP contribution in [0.3, 0.4) is 0 Å². The van der Waals surface area contributed by atoms with Crippen LogP contribution in [-0.4, -0.2) is 36.5 Å². The van der Waals surface area contributed by atoms with E-state index < -0.39 is 6.04 Å². The van der Waals surface area contributed by atoms with Crippen LogP contribution in [0.5, 0.6) is 5.75 Å². The lowest BCUT2D eigenvalue weighted by atomic mass is 10.1. The van der Waals surface area contributed by atoms with E-state index >= 15 is 0 Å². The molecular weight excluding hydrogens is 366 g/mol. The second-order valence-corrected chi connectivity index (χ2v) is 6.74. The van der Waals surface area contributed by atoms with Crippen LogP contribution >= 0.6 is 0 Å². The Kier molecular flexibility index (Phi) is 6.68. The number of amides is 2. The normalized spacial score (nSPS) is 12.1. The number of carbonyl (C=O) groups is 2. The Balaban J connectivity index is 1.44. The molecular formula is C23H25N3O3. The minimum Gasteiger partial charge on any atom is -0.497 e. The van der Waals surface area contributed by atoms with Crippen LogP contribution in [0.15, 0.2) is 60.8 Å². The summed E-state index contributed by atoms with van der Waals surface area (Å²) in [7, 11) is 1.60. The smallest absolute Gasteiger partial charge is 0.244 e. The molecule has 1 atom stereocenters. The highest BCUT2D eigenvalue weighted by Crippen LogP contribution is 2.17. The summed E-state index contributed by atoms with van der Waals surface area (Å²) < 4.78 is 5.10. The topological polar surface area (TPSA) is 83.2 Å². The van der Waals surface area contributed by atoms with Crippen molar-refractivity contribution in [2.24, 2.45) is 0 Å². The zero-order chi connectivity index (χ0) is 20.6. The summed E-state index contributed by atoms with van der Waals surface area (Å²) in [4.78, 5) is 27.5. The van der Waals surface area contributed by atoms with Gasteiger partial charge in [-0.05, 0) is 48.7 Å². The molecule has 0 bridgehead atoms. The summed E-state index contributed by atoms with van der Waals surface area (Å²) in [6.07, 6.45) is 5.79. The summed E-state index contributed by atoms with van der Waals surface area (Å²) in [5.74, 6) is 0.223. The Morgan fingerprint density at radius 1 is 1.14 bits per heavy atom. The Bertz CT molecular complexity index is 1010. The molecule has 0 spiro atoms. The predicted molar refractivity (Wildman–Crippen MR) is 115 cm³/mol. The van der Waals surface area contributed by atoms with Gasteiger partial charge in [0, 0.05) is 29.7 Å². The fourth-order valence-electron chi connectivity index (χ4n) is 3.03. The fraction of sp³-hybridized carbons (Fsp3) is 0.217. The van der Waals surface area contributed by atoms with Crippen LogP contribution in [0, 0.1) is 0 Å². The molecule has 6 heteroatoms. The number of methoxy groups -OCH3 is 1. The molecule has 3 rings (SSSR count). The van der Waals surface area contributed by atoms with E-state index in [0.717, 1.165) is 27.8 Å². The second-order valence-electron chi connectivity index (χ2n) is 6.74. The van der Waals surface area contributed by atoms with E-state index in [9.17, 15) is 9.59 Å². The minimum absolute atomic E-state index is 0.212. The molecule has 1 aromatic heterocycles. The molecule has 0 radical (unpaired) electrons. The van der Waals surface area contributed by atoms with Crippen molar-refractivity contribution in [3.63, 3.8) is 0 Å². The van der Waals surface area contributed by atoms with Gasteiger partial charge in [-0.15, -0.1) is 0 Å².